The molecule has 0 aliphatic carbocycles. The number of halogens is 2. The molecule has 1 heterocycles. The Morgan fingerprint density at radius 2 is 2.19 bits per heavy atom. The van der Waals surface area contributed by atoms with Crippen molar-refractivity contribution in [1.82, 2.24) is 15.3 Å². The van der Waals surface area contributed by atoms with Gasteiger partial charge < -0.3 is 15.5 Å². The second-order valence-corrected chi connectivity index (χ2v) is 4.51. The molecule has 0 saturated heterocycles. The van der Waals surface area contributed by atoms with Crippen LogP contribution in [0.5, 0.6) is 0 Å². The molecule has 1 amide bonds. The summed E-state index contributed by atoms with van der Waals surface area (Å²) in [7, 11) is 0. The van der Waals surface area contributed by atoms with Crippen LogP contribution in [0.1, 0.15) is 36.1 Å². The van der Waals surface area contributed by atoms with Crippen molar-refractivity contribution in [1.29, 1.82) is 0 Å². The van der Waals surface area contributed by atoms with Gasteiger partial charge in [0, 0.05) is 12.5 Å². The number of anilines is 1. The Balaban J connectivity index is 2.61. The molecule has 0 bridgehead atoms. The number of alkyl halides is 2. The lowest BCUT2D eigenvalue weighted by atomic mass is 10.2. The van der Waals surface area contributed by atoms with E-state index in [2.05, 4.69) is 25.4 Å². The second-order valence-electron chi connectivity index (χ2n) is 4.51. The highest BCUT2D eigenvalue weighted by Crippen LogP contribution is 2.15. The largest absolute Gasteiger partial charge is 0.374 e. The van der Waals surface area contributed by atoms with Crippen molar-refractivity contribution in [2.45, 2.75) is 26.2 Å². The van der Waals surface area contributed by atoms with Gasteiger partial charge in [-0.2, -0.15) is 0 Å². The van der Waals surface area contributed by atoms with Gasteiger partial charge in [-0.3, -0.25) is 10.6 Å². The van der Waals surface area contributed by atoms with Crippen molar-refractivity contribution >= 4 is 11.6 Å². The summed E-state index contributed by atoms with van der Waals surface area (Å²) < 4.78 is 28.4. The first-order valence-corrected chi connectivity index (χ1v) is 6.43. The van der Waals surface area contributed by atoms with Gasteiger partial charge in [0.2, 0.25) is 0 Å². The SMILES string of the molecule is CC(C)c1ncc(NN)c(C(=O)NCCOCC(F)F)n1. The Morgan fingerprint density at radius 1 is 1.48 bits per heavy atom. The zero-order valence-corrected chi connectivity index (χ0v) is 11.9. The van der Waals surface area contributed by atoms with E-state index >= 15 is 0 Å². The maximum absolute atomic E-state index is 12.0. The third kappa shape index (κ3) is 5.56. The summed E-state index contributed by atoms with van der Waals surface area (Å²) in [4.78, 5) is 20.2. The van der Waals surface area contributed by atoms with E-state index in [1.165, 1.54) is 6.20 Å². The topological polar surface area (TPSA) is 102 Å². The summed E-state index contributed by atoms with van der Waals surface area (Å²) in [6.07, 6.45) is -1.10. The van der Waals surface area contributed by atoms with Crippen LogP contribution in [0, 0.1) is 0 Å². The Labute approximate surface area is 121 Å². The summed E-state index contributed by atoms with van der Waals surface area (Å²) in [6, 6.07) is 0. The van der Waals surface area contributed by atoms with E-state index < -0.39 is 18.9 Å². The Kier molecular flexibility index (Phi) is 6.89. The molecule has 0 aliphatic rings. The minimum absolute atomic E-state index is 0.0103. The van der Waals surface area contributed by atoms with Gasteiger partial charge in [-0.15, -0.1) is 0 Å². The number of nitrogens with two attached hydrogens (primary N) is 1. The maximum Gasteiger partial charge on any atom is 0.272 e. The summed E-state index contributed by atoms with van der Waals surface area (Å²) in [5.41, 5.74) is 2.73. The molecule has 0 aromatic carbocycles. The average Bonchev–Trinajstić information content (AvgIpc) is 2.45. The van der Waals surface area contributed by atoms with E-state index in [9.17, 15) is 13.6 Å². The number of hydrazine groups is 1. The minimum Gasteiger partial charge on any atom is -0.374 e. The monoisotopic (exact) mass is 303 g/mol. The van der Waals surface area contributed by atoms with Crippen molar-refractivity contribution in [3.05, 3.63) is 17.7 Å². The molecule has 0 fully saturated rings. The normalized spacial score (nSPS) is 11.0. The van der Waals surface area contributed by atoms with Crippen LogP contribution in [0.2, 0.25) is 0 Å². The summed E-state index contributed by atoms with van der Waals surface area (Å²) in [5.74, 6) is 5.39. The molecule has 1 aromatic heterocycles. The predicted octanol–water partition coefficient (Wildman–Crippen LogP) is 0.897. The van der Waals surface area contributed by atoms with Crippen LogP contribution in [0.3, 0.4) is 0 Å². The van der Waals surface area contributed by atoms with E-state index in [0.29, 0.717) is 5.82 Å². The van der Waals surface area contributed by atoms with Crippen LogP contribution in [0.4, 0.5) is 14.5 Å². The number of amides is 1. The van der Waals surface area contributed by atoms with Gasteiger partial charge in [-0.25, -0.2) is 18.7 Å². The van der Waals surface area contributed by atoms with Gasteiger partial charge >= 0.3 is 0 Å². The Morgan fingerprint density at radius 3 is 2.76 bits per heavy atom. The first-order valence-electron chi connectivity index (χ1n) is 6.43. The van der Waals surface area contributed by atoms with Gasteiger partial charge in [-0.05, 0) is 0 Å². The van der Waals surface area contributed by atoms with Crippen LogP contribution in [0.15, 0.2) is 6.20 Å². The smallest absolute Gasteiger partial charge is 0.272 e. The summed E-state index contributed by atoms with van der Waals surface area (Å²) >= 11 is 0. The number of carbonyl (C=O) groups excluding carboxylic acids is 1. The van der Waals surface area contributed by atoms with E-state index in [0.717, 1.165) is 0 Å². The zero-order valence-electron chi connectivity index (χ0n) is 11.9. The van der Waals surface area contributed by atoms with Crippen molar-refractivity contribution < 1.29 is 18.3 Å². The molecule has 1 aromatic rings. The molecule has 0 spiro atoms. The first kappa shape index (κ1) is 17.2. The fourth-order valence-corrected chi connectivity index (χ4v) is 1.45. The van der Waals surface area contributed by atoms with Gasteiger partial charge in [0.1, 0.15) is 12.4 Å². The maximum atomic E-state index is 12.0. The molecule has 0 saturated carbocycles. The standard InChI is InChI=1S/C12H19F2N5O2/c1-7(2)11-17-5-8(19-15)10(18-11)12(20)16-3-4-21-6-9(13)14/h5,7,9,19H,3-4,6,15H2,1-2H3,(H,16,20). The van der Waals surface area contributed by atoms with Crippen molar-refractivity contribution in [2.24, 2.45) is 5.84 Å². The van der Waals surface area contributed by atoms with Crippen LogP contribution in [-0.4, -0.2) is 42.1 Å². The fraction of sp³-hybridized carbons (Fsp3) is 0.583. The summed E-state index contributed by atoms with van der Waals surface area (Å²) in [5, 5.41) is 2.52. The lowest BCUT2D eigenvalue weighted by molar-refractivity contribution is 0.0188. The highest BCUT2D eigenvalue weighted by molar-refractivity contribution is 5.97. The lowest BCUT2D eigenvalue weighted by Gasteiger charge is -2.11. The average molecular weight is 303 g/mol. The van der Waals surface area contributed by atoms with E-state index in [-0.39, 0.29) is 30.5 Å². The van der Waals surface area contributed by atoms with Gasteiger partial charge in [-0.1, -0.05) is 13.8 Å². The molecule has 4 N–H and O–H groups in total. The number of hydrogen-bond acceptors (Lipinski definition) is 6. The predicted molar refractivity (Wildman–Crippen MR) is 73.1 cm³/mol. The third-order valence-corrected chi connectivity index (χ3v) is 2.47. The van der Waals surface area contributed by atoms with Crippen LogP contribution in [0.25, 0.3) is 0 Å². The van der Waals surface area contributed by atoms with Gasteiger partial charge in [0.15, 0.2) is 5.69 Å². The van der Waals surface area contributed by atoms with Crippen LogP contribution >= 0.6 is 0 Å². The Bertz CT molecular complexity index is 471. The highest BCUT2D eigenvalue weighted by atomic mass is 19.3. The number of rotatable bonds is 8. The van der Waals surface area contributed by atoms with E-state index in [1.54, 1.807) is 0 Å². The van der Waals surface area contributed by atoms with Crippen LogP contribution < -0.4 is 16.6 Å². The second kappa shape index (κ2) is 8.42. The Hall–Kier alpha value is -1.87. The molecule has 0 radical (unpaired) electrons. The molecule has 1 rings (SSSR count). The minimum atomic E-state index is -2.52. The quantitative estimate of drug-likeness (QED) is 0.374. The number of carbonyl (C=O) groups is 1. The van der Waals surface area contributed by atoms with Crippen molar-refractivity contribution in [3.63, 3.8) is 0 Å². The molecular weight excluding hydrogens is 284 g/mol. The van der Waals surface area contributed by atoms with Crippen molar-refractivity contribution in [3.8, 4) is 0 Å². The molecule has 0 unspecified atom stereocenters. The first-order chi connectivity index (χ1) is 9.95. The molecule has 118 valence electrons. The van der Waals surface area contributed by atoms with Gasteiger partial charge in [0.25, 0.3) is 12.3 Å². The number of nitrogen functional groups attached to an aromatic ring is 1. The van der Waals surface area contributed by atoms with Crippen LogP contribution in [-0.2, 0) is 4.74 Å². The van der Waals surface area contributed by atoms with Crippen molar-refractivity contribution in [2.75, 3.05) is 25.2 Å². The fourth-order valence-electron chi connectivity index (χ4n) is 1.45. The zero-order chi connectivity index (χ0) is 15.8. The molecule has 0 aliphatic heterocycles. The molecule has 9 heteroatoms. The van der Waals surface area contributed by atoms with Gasteiger partial charge in [0.05, 0.1) is 18.5 Å². The molecule has 21 heavy (non-hydrogen) atoms. The number of aromatic nitrogens is 2. The molecule has 0 atom stereocenters. The number of ether oxygens (including phenoxy) is 1. The lowest BCUT2D eigenvalue weighted by Crippen LogP contribution is -2.30. The third-order valence-electron chi connectivity index (χ3n) is 2.47. The number of nitrogens with zero attached hydrogens (tertiary/aromatic N) is 2. The number of nitrogens with one attached hydrogen (secondary N) is 2. The van der Waals surface area contributed by atoms with E-state index in [1.807, 2.05) is 13.8 Å². The molecule has 7 nitrogen and oxygen atoms in total. The number of hydrogen-bond donors (Lipinski definition) is 3. The summed E-state index contributed by atoms with van der Waals surface area (Å²) in [6.45, 7) is 3.21. The van der Waals surface area contributed by atoms with E-state index in [4.69, 9.17) is 5.84 Å². The highest BCUT2D eigenvalue weighted by Gasteiger charge is 2.15. The molecular formula is C12H19F2N5O2.